The summed E-state index contributed by atoms with van der Waals surface area (Å²) in [5.74, 6) is 0.848. The normalized spacial score (nSPS) is 17.6. The number of amides is 1. The predicted molar refractivity (Wildman–Crippen MR) is 105 cm³/mol. The monoisotopic (exact) mass is 387 g/mol. The third-order valence-corrected chi connectivity index (χ3v) is 4.92. The number of methoxy groups -OCH3 is 1. The van der Waals surface area contributed by atoms with Crippen LogP contribution in [0.1, 0.15) is 48.8 Å². The number of aromatic hydroxyl groups is 1. The van der Waals surface area contributed by atoms with Crippen LogP contribution in [0.25, 0.3) is 0 Å². The smallest absolute Gasteiger partial charge is 0.273 e. The first-order chi connectivity index (χ1) is 13.5. The third-order valence-electron chi connectivity index (χ3n) is 4.92. The fourth-order valence-corrected chi connectivity index (χ4v) is 3.42. The number of piperidine rings is 1. The summed E-state index contributed by atoms with van der Waals surface area (Å²) in [5.41, 5.74) is 1.45. The molecule has 8 heteroatoms. The van der Waals surface area contributed by atoms with E-state index in [1.54, 1.807) is 19.4 Å². The van der Waals surface area contributed by atoms with Crippen molar-refractivity contribution in [3.8, 4) is 11.5 Å². The predicted octanol–water partition coefficient (Wildman–Crippen LogP) is 2.22. The molecule has 1 aliphatic rings. The van der Waals surface area contributed by atoms with Crippen LogP contribution in [0.4, 0.5) is 0 Å². The standard InChI is InChI=1S/C20H29N5O3/c1-14(2)10-21-20(27)17-13-25(23-22-17)16-5-4-8-24(12-16)11-15-6-7-18(26)19(9-15)28-3/h6-7,9,13-14,16,26H,4-5,8,10-12H2,1-3H3,(H,21,27)/t16-/m1/s1. The molecule has 0 unspecified atom stereocenters. The maximum absolute atomic E-state index is 12.2. The van der Waals surface area contributed by atoms with Gasteiger partial charge in [0.15, 0.2) is 17.2 Å². The first-order valence-corrected chi connectivity index (χ1v) is 9.74. The largest absolute Gasteiger partial charge is 0.504 e. The Morgan fingerprint density at radius 3 is 3.00 bits per heavy atom. The lowest BCUT2D eigenvalue weighted by molar-refractivity contribution is 0.0944. The van der Waals surface area contributed by atoms with Gasteiger partial charge < -0.3 is 15.2 Å². The molecule has 1 amide bonds. The number of nitrogens with one attached hydrogen (secondary N) is 1. The van der Waals surface area contributed by atoms with Gasteiger partial charge in [0.05, 0.1) is 19.3 Å². The highest BCUT2D eigenvalue weighted by atomic mass is 16.5. The second-order valence-electron chi connectivity index (χ2n) is 7.73. The number of hydrogen-bond acceptors (Lipinski definition) is 6. The third kappa shape index (κ3) is 5.01. The fraction of sp³-hybridized carbons (Fsp3) is 0.550. The molecule has 0 radical (unpaired) electrons. The van der Waals surface area contributed by atoms with E-state index in [9.17, 15) is 9.90 Å². The summed E-state index contributed by atoms with van der Waals surface area (Å²) in [6.07, 6.45) is 3.80. The van der Waals surface area contributed by atoms with Gasteiger partial charge in [0.2, 0.25) is 0 Å². The Balaban J connectivity index is 1.61. The zero-order chi connectivity index (χ0) is 20.1. The Bertz CT molecular complexity index is 805. The molecule has 1 aromatic carbocycles. The number of phenols is 1. The Morgan fingerprint density at radius 2 is 2.25 bits per heavy atom. The molecule has 2 heterocycles. The second kappa shape index (κ2) is 9.05. The van der Waals surface area contributed by atoms with Crippen LogP contribution >= 0.6 is 0 Å². The summed E-state index contributed by atoms with van der Waals surface area (Å²) in [5, 5.41) is 20.9. The molecule has 2 N–H and O–H groups in total. The Morgan fingerprint density at radius 1 is 1.43 bits per heavy atom. The van der Waals surface area contributed by atoms with Crippen LogP contribution in [0, 0.1) is 5.92 Å². The van der Waals surface area contributed by atoms with E-state index in [0.29, 0.717) is 23.9 Å². The Kier molecular flexibility index (Phi) is 6.51. The highest BCUT2D eigenvalue weighted by Crippen LogP contribution is 2.28. The molecule has 0 saturated carbocycles. The summed E-state index contributed by atoms with van der Waals surface area (Å²) >= 11 is 0. The number of ether oxygens (including phenoxy) is 1. The molecule has 1 saturated heterocycles. The van der Waals surface area contributed by atoms with E-state index >= 15 is 0 Å². The molecular weight excluding hydrogens is 358 g/mol. The van der Waals surface area contributed by atoms with E-state index < -0.39 is 0 Å². The number of phenolic OH excluding ortho intramolecular Hbond substituents is 1. The number of nitrogens with zero attached hydrogens (tertiary/aromatic N) is 4. The summed E-state index contributed by atoms with van der Waals surface area (Å²) in [7, 11) is 1.55. The van der Waals surface area contributed by atoms with Crippen molar-refractivity contribution in [2.24, 2.45) is 5.92 Å². The molecule has 28 heavy (non-hydrogen) atoms. The quantitative estimate of drug-likeness (QED) is 0.757. The number of carbonyl (C=O) groups excluding carboxylic acids is 1. The van der Waals surface area contributed by atoms with Gasteiger partial charge in [0, 0.05) is 19.6 Å². The van der Waals surface area contributed by atoms with E-state index in [0.717, 1.165) is 38.0 Å². The number of benzene rings is 1. The van der Waals surface area contributed by atoms with Gasteiger partial charge in [-0.25, -0.2) is 4.68 Å². The van der Waals surface area contributed by atoms with E-state index in [1.165, 1.54) is 0 Å². The van der Waals surface area contributed by atoms with Gasteiger partial charge in [0.1, 0.15) is 0 Å². The topological polar surface area (TPSA) is 92.5 Å². The van der Waals surface area contributed by atoms with Gasteiger partial charge in [0.25, 0.3) is 5.91 Å². The summed E-state index contributed by atoms with van der Waals surface area (Å²) in [6, 6.07) is 5.63. The molecule has 1 fully saturated rings. The van der Waals surface area contributed by atoms with E-state index in [2.05, 4.69) is 34.4 Å². The average molecular weight is 387 g/mol. The zero-order valence-corrected chi connectivity index (χ0v) is 16.8. The highest BCUT2D eigenvalue weighted by molar-refractivity contribution is 5.91. The van der Waals surface area contributed by atoms with Crippen molar-refractivity contribution in [3.05, 3.63) is 35.7 Å². The Labute approximate surface area is 165 Å². The fourth-order valence-electron chi connectivity index (χ4n) is 3.42. The van der Waals surface area contributed by atoms with E-state index in [-0.39, 0.29) is 17.7 Å². The van der Waals surface area contributed by atoms with E-state index in [4.69, 9.17) is 4.74 Å². The first-order valence-electron chi connectivity index (χ1n) is 9.74. The molecule has 0 spiro atoms. The number of carbonyl (C=O) groups is 1. The summed E-state index contributed by atoms with van der Waals surface area (Å²) in [6.45, 7) is 7.33. The molecule has 1 atom stereocenters. The van der Waals surface area contributed by atoms with Crippen molar-refractivity contribution in [1.82, 2.24) is 25.2 Å². The van der Waals surface area contributed by atoms with Crippen molar-refractivity contribution < 1.29 is 14.6 Å². The van der Waals surface area contributed by atoms with Crippen molar-refractivity contribution in [2.75, 3.05) is 26.7 Å². The number of aromatic nitrogens is 3. The average Bonchev–Trinajstić information content (AvgIpc) is 3.18. The lowest BCUT2D eigenvalue weighted by Crippen LogP contribution is -2.36. The minimum Gasteiger partial charge on any atom is -0.504 e. The lowest BCUT2D eigenvalue weighted by Gasteiger charge is -2.32. The van der Waals surface area contributed by atoms with Crippen molar-refractivity contribution in [2.45, 2.75) is 39.3 Å². The zero-order valence-electron chi connectivity index (χ0n) is 16.8. The molecule has 1 aromatic heterocycles. The maximum Gasteiger partial charge on any atom is 0.273 e. The number of rotatable bonds is 7. The summed E-state index contributed by atoms with van der Waals surface area (Å²) in [4.78, 5) is 14.5. The Hall–Kier alpha value is -2.61. The highest BCUT2D eigenvalue weighted by Gasteiger charge is 2.23. The minimum atomic E-state index is -0.177. The molecule has 3 rings (SSSR count). The van der Waals surface area contributed by atoms with Gasteiger partial charge in [-0.2, -0.15) is 0 Å². The first kappa shape index (κ1) is 20.1. The van der Waals surface area contributed by atoms with Crippen LogP contribution < -0.4 is 10.1 Å². The molecule has 0 aliphatic carbocycles. The lowest BCUT2D eigenvalue weighted by atomic mass is 10.0. The van der Waals surface area contributed by atoms with E-state index in [1.807, 2.05) is 16.8 Å². The van der Waals surface area contributed by atoms with Crippen LogP contribution in [0.15, 0.2) is 24.4 Å². The van der Waals surface area contributed by atoms with Crippen LogP contribution in [-0.4, -0.2) is 57.7 Å². The van der Waals surface area contributed by atoms with Gasteiger partial charge >= 0.3 is 0 Å². The second-order valence-corrected chi connectivity index (χ2v) is 7.73. The minimum absolute atomic E-state index is 0.147. The number of hydrogen-bond donors (Lipinski definition) is 2. The molecule has 8 nitrogen and oxygen atoms in total. The maximum atomic E-state index is 12.2. The number of likely N-dealkylation sites (tertiary alicyclic amines) is 1. The van der Waals surface area contributed by atoms with Gasteiger partial charge in [-0.3, -0.25) is 9.69 Å². The van der Waals surface area contributed by atoms with Gasteiger partial charge in [-0.05, 0) is 43.0 Å². The molecular formula is C20H29N5O3. The van der Waals surface area contributed by atoms with Gasteiger partial charge in [-0.15, -0.1) is 5.10 Å². The molecule has 1 aliphatic heterocycles. The van der Waals surface area contributed by atoms with Crippen molar-refractivity contribution in [1.29, 1.82) is 0 Å². The van der Waals surface area contributed by atoms with Crippen LogP contribution in [0.2, 0.25) is 0 Å². The van der Waals surface area contributed by atoms with Crippen LogP contribution in [0.5, 0.6) is 11.5 Å². The molecule has 2 aromatic rings. The molecule has 152 valence electrons. The molecule has 0 bridgehead atoms. The summed E-state index contributed by atoms with van der Waals surface area (Å²) < 4.78 is 7.01. The van der Waals surface area contributed by atoms with Crippen LogP contribution in [-0.2, 0) is 6.54 Å². The van der Waals surface area contributed by atoms with Crippen molar-refractivity contribution in [3.63, 3.8) is 0 Å². The van der Waals surface area contributed by atoms with Gasteiger partial charge in [-0.1, -0.05) is 25.1 Å². The van der Waals surface area contributed by atoms with Crippen LogP contribution in [0.3, 0.4) is 0 Å². The SMILES string of the molecule is COc1cc(CN2CCC[C@@H](n3cc(C(=O)NCC(C)C)nn3)C2)ccc1O. The van der Waals surface area contributed by atoms with Crippen molar-refractivity contribution >= 4 is 5.91 Å².